The van der Waals surface area contributed by atoms with Gasteiger partial charge in [0.05, 0.1) is 16.8 Å². The summed E-state index contributed by atoms with van der Waals surface area (Å²) in [5, 5.41) is 0. The van der Waals surface area contributed by atoms with E-state index < -0.39 is 30.2 Å². The average Bonchev–Trinajstić information content (AvgIpc) is 2.69. The Hall–Kier alpha value is -0.945. The van der Waals surface area contributed by atoms with Gasteiger partial charge in [0, 0.05) is 6.20 Å². The van der Waals surface area contributed by atoms with Crippen LogP contribution in [0.25, 0.3) is 0 Å². The highest BCUT2D eigenvalue weighted by molar-refractivity contribution is 6.43. The molecule has 7 heteroatoms. The molecule has 0 aromatic carbocycles. The molecule has 0 amide bonds. The standard InChI is InChI=1S/C11H15BF3NO2/c1-9(2)10(3,4)18-12(17-9)16-6-5-8(7-16)11(13,14)15/h5-7H,1-4H3. The molecule has 2 rings (SSSR count). The molecule has 0 unspecified atom stereocenters. The van der Waals surface area contributed by atoms with E-state index in [4.69, 9.17) is 9.31 Å². The van der Waals surface area contributed by atoms with E-state index in [0.717, 1.165) is 12.3 Å². The van der Waals surface area contributed by atoms with Crippen LogP contribution in [0.1, 0.15) is 33.3 Å². The van der Waals surface area contributed by atoms with Gasteiger partial charge >= 0.3 is 13.4 Å². The molecule has 0 radical (unpaired) electrons. The first-order valence-electron chi connectivity index (χ1n) is 5.63. The highest BCUT2D eigenvalue weighted by Gasteiger charge is 2.52. The van der Waals surface area contributed by atoms with Crippen molar-refractivity contribution in [1.82, 2.24) is 4.48 Å². The molecule has 1 aliphatic rings. The quantitative estimate of drug-likeness (QED) is 0.725. The lowest BCUT2D eigenvalue weighted by Gasteiger charge is -2.32. The highest BCUT2D eigenvalue weighted by Crippen LogP contribution is 2.37. The van der Waals surface area contributed by atoms with Crippen molar-refractivity contribution in [2.45, 2.75) is 45.1 Å². The molecule has 1 saturated heterocycles. The first-order chi connectivity index (χ1) is 8.03. The summed E-state index contributed by atoms with van der Waals surface area (Å²) in [6.07, 6.45) is -2.05. The van der Waals surface area contributed by atoms with Gasteiger partial charge in [-0.25, -0.2) is 0 Å². The molecule has 100 valence electrons. The van der Waals surface area contributed by atoms with Crippen LogP contribution in [0.5, 0.6) is 0 Å². The number of hydrogen-bond acceptors (Lipinski definition) is 2. The van der Waals surface area contributed by atoms with Gasteiger partial charge in [0.2, 0.25) is 0 Å². The Morgan fingerprint density at radius 3 is 2.00 bits per heavy atom. The van der Waals surface area contributed by atoms with Crippen LogP contribution >= 0.6 is 0 Å². The molecular weight excluding hydrogens is 246 g/mol. The van der Waals surface area contributed by atoms with Crippen LogP contribution in [-0.2, 0) is 15.5 Å². The van der Waals surface area contributed by atoms with Crippen molar-refractivity contribution in [1.29, 1.82) is 0 Å². The Balaban J connectivity index is 2.23. The fourth-order valence-corrected chi connectivity index (χ4v) is 1.65. The second-order valence-electron chi connectivity index (χ2n) is 5.41. The van der Waals surface area contributed by atoms with Gasteiger partial charge in [-0.1, -0.05) is 0 Å². The molecule has 0 atom stereocenters. The van der Waals surface area contributed by atoms with Crippen LogP contribution in [0.2, 0.25) is 0 Å². The number of hydrogen-bond donors (Lipinski definition) is 0. The Kier molecular flexibility index (Phi) is 2.83. The Morgan fingerprint density at radius 1 is 1.11 bits per heavy atom. The maximum Gasteiger partial charge on any atom is 0.598 e. The summed E-state index contributed by atoms with van der Waals surface area (Å²) in [5.41, 5.74) is -1.85. The van der Waals surface area contributed by atoms with Crippen molar-refractivity contribution < 1.29 is 22.5 Å². The number of nitrogens with zero attached hydrogens (tertiary/aromatic N) is 1. The normalized spacial score (nSPS) is 22.5. The Bertz CT molecular complexity index is 437. The summed E-state index contributed by atoms with van der Waals surface area (Å²) in [6.45, 7) is 7.39. The SMILES string of the molecule is CC1(C)OB(n2ccc(C(F)(F)F)c2)OC1(C)C. The van der Waals surface area contributed by atoms with Crippen LogP contribution in [0, 0.1) is 0 Å². The molecule has 1 aliphatic heterocycles. The largest absolute Gasteiger partial charge is 0.598 e. The minimum atomic E-state index is -4.35. The second kappa shape index (κ2) is 3.77. The van der Waals surface area contributed by atoms with Crippen LogP contribution in [-0.4, -0.2) is 22.9 Å². The number of aromatic nitrogens is 1. The lowest BCUT2D eigenvalue weighted by molar-refractivity contribution is -0.137. The molecule has 1 aromatic heterocycles. The first kappa shape index (κ1) is 13.5. The second-order valence-corrected chi connectivity index (χ2v) is 5.41. The van der Waals surface area contributed by atoms with Gasteiger partial charge in [-0.05, 0) is 40.0 Å². The van der Waals surface area contributed by atoms with Crippen molar-refractivity contribution >= 4 is 7.25 Å². The fourth-order valence-electron chi connectivity index (χ4n) is 1.65. The van der Waals surface area contributed by atoms with Crippen LogP contribution in [0.15, 0.2) is 18.5 Å². The van der Waals surface area contributed by atoms with Gasteiger partial charge in [0.15, 0.2) is 0 Å². The predicted molar refractivity (Wildman–Crippen MR) is 60.9 cm³/mol. The van der Waals surface area contributed by atoms with Gasteiger partial charge in [0.1, 0.15) is 0 Å². The van der Waals surface area contributed by atoms with Gasteiger partial charge in [-0.3, -0.25) is 0 Å². The predicted octanol–water partition coefficient (Wildman–Crippen LogP) is 2.94. The van der Waals surface area contributed by atoms with E-state index >= 15 is 0 Å². The number of rotatable bonds is 1. The molecule has 0 spiro atoms. The van der Waals surface area contributed by atoms with Crippen molar-refractivity contribution in [2.24, 2.45) is 0 Å². The summed E-state index contributed by atoms with van der Waals surface area (Å²) < 4.78 is 50.1. The lowest BCUT2D eigenvalue weighted by atomic mass is 9.90. The molecule has 0 aliphatic carbocycles. The average molecular weight is 261 g/mol. The summed E-state index contributed by atoms with van der Waals surface area (Å²) in [7, 11) is -0.828. The zero-order valence-corrected chi connectivity index (χ0v) is 10.7. The van der Waals surface area contributed by atoms with E-state index in [1.54, 1.807) is 0 Å². The topological polar surface area (TPSA) is 23.4 Å². The van der Waals surface area contributed by atoms with Crippen LogP contribution in [0.4, 0.5) is 13.2 Å². The van der Waals surface area contributed by atoms with Gasteiger partial charge in [-0.2, -0.15) is 13.2 Å². The summed E-state index contributed by atoms with van der Waals surface area (Å²) in [5.74, 6) is 0. The molecule has 2 heterocycles. The Morgan fingerprint density at radius 2 is 1.61 bits per heavy atom. The molecule has 18 heavy (non-hydrogen) atoms. The minimum absolute atomic E-state index is 0.569. The molecule has 0 N–H and O–H groups in total. The van der Waals surface area contributed by atoms with Crippen LogP contribution < -0.4 is 0 Å². The number of alkyl halides is 3. The first-order valence-corrected chi connectivity index (χ1v) is 5.63. The third-order valence-corrected chi connectivity index (χ3v) is 3.53. The van der Waals surface area contributed by atoms with Crippen LogP contribution in [0.3, 0.4) is 0 Å². The van der Waals surface area contributed by atoms with E-state index in [1.807, 2.05) is 27.7 Å². The smallest absolute Gasteiger partial charge is 0.384 e. The summed E-state index contributed by atoms with van der Waals surface area (Å²) in [4.78, 5) is 0. The van der Waals surface area contributed by atoms with E-state index in [2.05, 4.69) is 0 Å². The van der Waals surface area contributed by atoms with Gasteiger partial charge < -0.3 is 13.8 Å². The van der Waals surface area contributed by atoms with E-state index in [0.29, 0.717) is 0 Å². The maximum atomic E-state index is 12.5. The molecule has 1 fully saturated rings. The third kappa shape index (κ3) is 2.17. The Labute approximate surface area is 104 Å². The van der Waals surface area contributed by atoms with Gasteiger partial charge in [0.25, 0.3) is 0 Å². The van der Waals surface area contributed by atoms with Crippen molar-refractivity contribution in [3.8, 4) is 0 Å². The summed E-state index contributed by atoms with van der Waals surface area (Å²) >= 11 is 0. The zero-order chi connectivity index (χ0) is 13.8. The molecule has 0 bridgehead atoms. The van der Waals surface area contributed by atoms with Crippen molar-refractivity contribution in [3.05, 3.63) is 24.0 Å². The van der Waals surface area contributed by atoms with E-state index in [9.17, 15) is 13.2 Å². The molecule has 3 nitrogen and oxygen atoms in total. The van der Waals surface area contributed by atoms with Crippen molar-refractivity contribution in [2.75, 3.05) is 0 Å². The lowest BCUT2D eigenvalue weighted by Crippen LogP contribution is -2.41. The highest BCUT2D eigenvalue weighted by atomic mass is 19.4. The van der Waals surface area contributed by atoms with E-state index in [1.165, 1.54) is 10.7 Å². The van der Waals surface area contributed by atoms with Gasteiger partial charge in [-0.15, -0.1) is 0 Å². The molecular formula is C11H15BF3NO2. The monoisotopic (exact) mass is 261 g/mol. The maximum absolute atomic E-state index is 12.5. The summed E-state index contributed by atoms with van der Waals surface area (Å²) in [6, 6.07) is 1.00. The third-order valence-electron chi connectivity index (χ3n) is 3.53. The number of halogens is 3. The fraction of sp³-hybridized carbons (Fsp3) is 0.636. The molecule has 1 aromatic rings. The van der Waals surface area contributed by atoms with Crippen molar-refractivity contribution in [3.63, 3.8) is 0 Å². The molecule has 0 saturated carbocycles. The van der Waals surface area contributed by atoms with E-state index in [-0.39, 0.29) is 0 Å². The minimum Gasteiger partial charge on any atom is -0.384 e. The zero-order valence-electron chi connectivity index (χ0n) is 10.7.